The lowest BCUT2D eigenvalue weighted by atomic mass is 10.5. The molecule has 0 saturated carbocycles. The van der Waals surface area contributed by atoms with E-state index < -0.39 is 0 Å². The molecule has 1 amide bonds. The molecular weight excluding hydrogens is 132 g/mol. The van der Waals surface area contributed by atoms with Crippen LogP contribution in [0.1, 0.15) is 6.92 Å². The summed E-state index contributed by atoms with van der Waals surface area (Å²) in [4.78, 5) is 10.4. The van der Waals surface area contributed by atoms with E-state index in [1.54, 1.807) is 0 Å². The summed E-state index contributed by atoms with van der Waals surface area (Å²) < 4.78 is 5.18. The van der Waals surface area contributed by atoms with Crippen molar-refractivity contribution in [3.8, 4) is 0 Å². The van der Waals surface area contributed by atoms with Crippen molar-refractivity contribution in [3.05, 3.63) is 0 Å². The van der Waals surface area contributed by atoms with E-state index in [-0.39, 0.29) is 12.1 Å². The first-order valence-electron chi connectivity index (χ1n) is 3.38. The average Bonchev–Trinajstić information content (AvgIpc) is 2.34. The minimum atomic E-state index is -0.0164. The summed E-state index contributed by atoms with van der Waals surface area (Å²) in [5.74, 6) is -0.0164. The van der Waals surface area contributed by atoms with Gasteiger partial charge in [-0.25, -0.2) is 0 Å². The zero-order chi connectivity index (χ0) is 7.40. The van der Waals surface area contributed by atoms with Gasteiger partial charge in [-0.1, -0.05) is 0 Å². The molecule has 10 heavy (non-hydrogen) atoms. The number of carbonyl (C=O) groups excluding carboxylic acids is 1. The molecule has 58 valence electrons. The molecule has 1 unspecified atom stereocenters. The molecule has 1 aliphatic rings. The summed E-state index contributed by atoms with van der Waals surface area (Å²) in [6, 6.07) is 0. The van der Waals surface area contributed by atoms with Gasteiger partial charge in [-0.05, 0) is 0 Å². The molecule has 4 heteroatoms. The van der Waals surface area contributed by atoms with Gasteiger partial charge in [0.05, 0.1) is 13.2 Å². The number of rotatable bonds is 2. The zero-order valence-electron chi connectivity index (χ0n) is 6.02. The third-order valence-corrected chi connectivity index (χ3v) is 1.33. The Bertz CT molecular complexity index is 121. The number of carbonyl (C=O) groups is 1. The van der Waals surface area contributed by atoms with Crippen LogP contribution in [0.2, 0.25) is 0 Å². The number of nitrogens with one attached hydrogen (secondary N) is 2. The lowest BCUT2D eigenvalue weighted by molar-refractivity contribution is -0.119. The maximum absolute atomic E-state index is 10.4. The molecule has 4 nitrogen and oxygen atoms in total. The second kappa shape index (κ2) is 3.53. The minimum absolute atomic E-state index is 0.0164. The first kappa shape index (κ1) is 7.50. The van der Waals surface area contributed by atoms with E-state index in [1.165, 1.54) is 6.92 Å². The monoisotopic (exact) mass is 144 g/mol. The fraction of sp³-hybridized carbons (Fsp3) is 0.833. The van der Waals surface area contributed by atoms with E-state index in [9.17, 15) is 4.79 Å². The van der Waals surface area contributed by atoms with Crippen molar-refractivity contribution in [2.24, 2.45) is 0 Å². The van der Waals surface area contributed by atoms with Crippen LogP contribution in [0.5, 0.6) is 0 Å². The molecule has 1 atom stereocenters. The van der Waals surface area contributed by atoms with Crippen LogP contribution in [0, 0.1) is 0 Å². The van der Waals surface area contributed by atoms with Gasteiger partial charge in [0.2, 0.25) is 5.91 Å². The molecule has 0 aromatic rings. The van der Waals surface area contributed by atoms with Crippen molar-refractivity contribution in [3.63, 3.8) is 0 Å². The Hall–Kier alpha value is -0.610. The van der Waals surface area contributed by atoms with Crippen molar-refractivity contribution >= 4 is 5.91 Å². The third-order valence-electron chi connectivity index (χ3n) is 1.33. The molecule has 0 bridgehead atoms. The van der Waals surface area contributed by atoms with Crippen LogP contribution in [0.4, 0.5) is 0 Å². The maximum atomic E-state index is 10.4. The van der Waals surface area contributed by atoms with Crippen molar-refractivity contribution in [2.45, 2.75) is 13.2 Å². The van der Waals surface area contributed by atoms with E-state index in [1.807, 2.05) is 0 Å². The quantitative estimate of drug-likeness (QED) is 0.526. The Labute approximate surface area is 59.9 Å². The highest BCUT2D eigenvalue weighted by Crippen LogP contribution is 1.91. The predicted molar refractivity (Wildman–Crippen MR) is 36.4 cm³/mol. The van der Waals surface area contributed by atoms with Crippen LogP contribution in [-0.2, 0) is 9.53 Å². The fourth-order valence-electron chi connectivity index (χ4n) is 0.848. The largest absolute Gasteiger partial charge is 0.360 e. The topological polar surface area (TPSA) is 50.4 Å². The van der Waals surface area contributed by atoms with Crippen LogP contribution in [-0.4, -0.2) is 31.8 Å². The van der Waals surface area contributed by atoms with Gasteiger partial charge in [0.1, 0.15) is 6.23 Å². The fourth-order valence-corrected chi connectivity index (χ4v) is 0.848. The van der Waals surface area contributed by atoms with Crippen LogP contribution in [0.3, 0.4) is 0 Å². The normalized spacial score (nSPS) is 24.7. The first-order valence-corrected chi connectivity index (χ1v) is 3.38. The number of amides is 1. The van der Waals surface area contributed by atoms with Gasteiger partial charge in [0, 0.05) is 13.5 Å². The second-order valence-corrected chi connectivity index (χ2v) is 2.25. The second-order valence-electron chi connectivity index (χ2n) is 2.25. The molecule has 1 saturated heterocycles. The standard InChI is InChI=1S/C6H12N2O2/c1-5(9)8-4-6-7-2-3-10-6/h6-7H,2-4H2,1H3,(H,8,9). The smallest absolute Gasteiger partial charge is 0.217 e. The van der Waals surface area contributed by atoms with Crippen molar-refractivity contribution in [1.29, 1.82) is 0 Å². The van der Waals surface area contributed by atoms with Crippen LogP contribution in [0.15, 0.2) is 0 Å². The Balaban J connectivity index is 2.07. The van der Waals surface area contributed by atoms with Crippen LogP contribution in [0.25, 0.3) is 0 Å². The molecule has 0 aromatic carbocycles. The highest BCUT2D eigenvalue weighted by molar-refractivity contribution is 5.72. The predicted octanol–water partition coefficient (Wildman–Crippen LogP) is -0.932. The average molecular weight is 144 g/mol. The molecule has 0 aliphatic carbocycles. The molecule has 0 aromatic heterocycles. The summed E-state index contributed by atoms with van der Waals surface area (Å²) in [5, 5.41) is 5.74. The number of hydrogen-bond acceptors (Lipinski definition) is 3. The first-order chi connectivity index (χ1) is 4.79. The molecule has 1 aliphatic heterocycles. The van der Waals surface area contributed by atoms with E-state index in [0.29, 0.717) is 6.54 Å². The van der Waals surface area contributed by atoms with E-state index in [4.69, 9.17) is 4.74 Å². The third kappa shape index (κ3) is 2.33. The SMILES string of the molecule is CC(=O)NCC1NCCO1. The van der Waals surface area contributed by atoms with Gasteiger partial charge in [-0.3, -0.25) is 10.1 Å². The van der Waals surface area contributed by atoms with E-state index in [2.05, 4.69) is 10.6 Å². The van der Waals surface area contributed by atoms with E-state index in [0.717, 1.165) is 13.2 Å². The Morgan fingerprint density at radius 1 is 1.90 bits per heavy atom. The van der Waals surface area contributed by atoms with Gasteiger partial charge in [0.15, 0.2) is 0 Å². The molecular formula is C6H12N2O2. The lowest BCUT2D eigenvalue weighted by Gasteiger charge is -2.08. The Morgan fingerprint density at radius 2 is 2.70 bits per heavy atom. The number of ether oxygens (including phenoxy) is 1. The molecule has 0 spiro atoms. The van der Waals surface area contributed by atoms with Crippen molar-refractivity contribution in [2.75, 3.05) is 19.7 Å². The molecule has 1 fully saturated rings. The van der Waals surface area contributed by atoms with Crippen molar-refractivity contribution in [1.82, 2.24) is 10.6 Å². The van der Waals surface area contributed by atoms with Gasteiger partial charge in [-0.15, -0.1) is 0 Å². The summed E-state index contributed by atoms with van der Waals surface area (Å²) in [5.41, 5.74) is 0. The highest BCUT2D eigenvalue weighted by Gasteiger charge is 2.13. The number of hydrogen-bond donors (Lipinski definition) is 2. The van der Waals surface area contributed by atoms with Crippen LogP contribution >= 0.6 is 0 Å². The lowest BCUT2D eigenvalue weighted by Crippen LogP contribution is -2.36. The van der Waals surface area contributed by atoms with Gasteiger partial charge in [-0.2, -0.15) is 0 Å². The van der Waals surface area contributed by atoms with Crippen LogP contribution < -0.4 is 10.6 Å². The maximum Gasteiger partial charge on any atom is 0.217 e. The van der Waals surface area contributed by atoms with E-state index >= 15 is 0 Å². The Kier molecular flexibility index (Phi) is 2.65. The highest BCUT2D eigenvalue weighted by atomic mass is 16.5. The molecule has 0 radical (unpaired) electrons. The van der Waals surface area contributed by atoms with Gasteiger partial charge in [0.25, 0.3) is 0 Å². The zero-order valence-corrected chi connectivity index (χ0v) is 6.02. The summed E-state index contributed by atoms with van der Waals surface area (Å²) in [7, 11) is 0. The molecule has 1 rings (SSSR count). The van der Waals surface area contributed by atoms with Gasteiger partial charge < -0.3 is 10.1 Å². The Morgan fingerprint density at radius 3 is 3.20 bits per heavy atom. The molecule has 1 heterocycles. The summed E-state index contributed by atoms with van der Waals surface area (Å²) >= 11 is 0. The van der Waals surface area contributed by atoms with Gasteiger partial charge >= 0.3 is 0 Å². The summed E-state index contributed by atoms with van der Waals surface area (Å²) in [6.45, 7) is 3.68. The summed E-state index contributed by atoms with van der Waals surface area (Å²) in [6.07, 6.45) is 0.0175. The van der Waals surface area contributed by atoms with Crippen molar-refractivity contribution < 1.29 is 9.53 Å². The minimum Gasteiger partial charge on any atom is -0.360 e. The molecule has 2 N–H and O–H groups in total.